The molecule has 4 nitrogen and oxygen atoms in total. The lowest BCUT2D eigenvalue weighted by Crippen LogP contribution is -2.17. The molecule has 2 rings (SSSR count). The second kappa shape index (κ2) is 6.81. The fraction of sp³-hybridized carbons (Fsp3) is 0.467. The molecular weight excluding hydrogens is 270 g/mol. The Hall–Kier alpha value is -1.46. The molecule has 1 unspecified atom stereocenters. The zero-order valence-electron chi connectivity index (χ0n) is 12.2. The van der Waals surface area contributed by atoms with Crippen LogP contribution in [-0.4, -0.2) is 22.1 Å². The Morgan fingerprint density at radius 3 is 2.80 bits per heavy atom. The fourth-order valence-corrected chi connectivity index (χ4v) is 3.01. The second-order valence-corrected chi connectivity index (χ2v) is 6.01. The van der Waals surface area contributed by atoms with Crippen LogP contribution < -0.4 is 4.90 Å². The molecular formula is C15H21N3OS. The first-order chi connectivity index (χ1) is 9.65. The van der Waals surface area contributed by atoms with E-state index in [9.17, 15) is 5.11 Å². The molecule has 1 atom stereocenters. The number of pyridine rings is 1. The summed E-state index contributed by atoms with van der Waals surface area (Å²) < 4.78 is 0. The van der Waals surface area contributed by atoms with E-state index in [0.29, 0.717) is 5.92 Å². The highest BCUT2D eigenvalue weighted by Gasteiger charge is 2.17. The van der Waals surface area contributed by atoms with Gasteiger partial charge in [0.15, 0.2) is 5.13 Å². The molecule has 2 aromatic heterocycles. The van der Waals surface area contributed by atoms with E-state index in [1.165, 1.54) is 0 Å². The maximum absolute atomic E-state index is 9.49. The van der Waals surface area contributed by atoms with Crippen molar-refractivity contribution in [3.63, 3.8) is 0 Å². The van der Waals surface area contributed by atoms with Crippen molar-refractivity contribution in [1.29, 1.82) is 0 Å². The number of aromatic nitrogens is 2. The summed E-state index contributed by atoms with van der Waals surface area (Å²) in [6.07, 6.45) is 2.83. The summed E-state index contributed by atoms with van der Waals surface area (Å²) in [5.41, 5.74) is 2.05. The van der Waals surface area contributed by atoms with Crippen LogP contribution in [0.15, 0.2) is 24.4 Å². The van der Waals surface area contributed by atoms with Gasteiger partial charge in [-0.15, -0.1) is 0 Å². The van der Waals surface area contributed by atoms with Gasteiger partial charge >= 0.3 is 0 Å². The minimum atomic E-state index is 0.0643. The van der Waals surface area contributed by atoms with Crippen LogP contribution in [0.3, 0.4) is 0 Å². The maximum Gasteiger partial charge on any atom is 0.185 e. The lowest BCUT2D eigenvalue weighted by atomic mass is 10.0. The van der Waals surface area contributed by atoms with Crippen molar-refractivity contribution in [2.45, 2.75) is 39.3 Å². The zero-order valence-corrected chi connectivity index (χ0v) is 13.0. The lowest BCUT2D eigenvalue weighted by Gasteiger charge is -2.15. The molecule has 5 heteroatoms. The van der Waals surface area contributed by atoms with Crippen molar-refractivity contribution in [2.24, 2.45) is 0 Å². The zero-order chi connectivity index (χ0) is 14.5. The molecule has 0 fully saturated rings. The van der Waals surface area contributed by atoms with Gasteiger partial charge in [-0.05, 0) is 24.5 Å². The van der Waals surface area contributed by atoms with Crippen molar-refractivity contribution in [2.75, 3.05) is 11.9 Å². The first kappa shape index (κ1) is 14.9. The summed E-state index contributed by atoms with van der Waals surface area (Å²) >= 11 is 1.57. The first-order valence-electron chi connectivity index (χ1n) is 6.87. The fourth-order valence-electron chi connectivity index (χ4n) is 2.01. The number of aliphatic hydroxyl groups is 1. The molecule has 2 heterocycles. The number of rotatable bonds is 6. The molecule has 0 saturated heterocycles. The van der Waals surface area contributed by atoms with Crippen LogP contribution in [0.2, 0.25) is 0 Å². The van der Waals surface area contributed by atoms with Crippen LogP contribution in [0.5, 0.6) is 0 Å². The minimum Gasteiger partial charge on any atom is -0.391 e. The summed E-state index contributed by atoms with van der Waals surface area (Å²) in [5.74, 6) is 0.380. The van der Waals surface area contributed by atoms with Gasteiger partial charge in [0.2, 0.25) is 0 Å². The molecule has 0 saturated carbocycles. The topological polar surface area (TPSA) is 49.2 Å². The summed E-state index contributed by atoms with van der Waals surface area (Å²) in [6.45, 7) is 5.08. The number of hydrogen-bond acceptors (Lipinski definition) is 5. The second-order valence-electron chi connectivity index (χ2n) is 4.95. The molecule has 0 bridgehead atoms. The van der Waals surface area contributed by atoms with E-state index in [4.69, 9.17) is 4.98 Å². The number of thiazole rings is 1. The third-order valence-electron chi connectivity index (χ3n) is 3.39. The Kier molecular flexibility index (Phi) is 5.09. The van der Waals surface area contributed by atoms with E-state index in [0.717, 1.165) is 34.4 Å². The summed E-state index contributed by atoms with van der Waals surface area (Å²) in [4.78, 5) is 12.1. The van der Waals surface area contributed by atoms with Crippen molar-refractivity contribution in [3.8, 4) is 0 Å². The molecule has 0 spiro atoms. The van der Waals surface area contributed by atoms with Crippen LogP contribution in [0.4, 0.5) is 5.13 Å². The Balaban J connectivity index is 2.18. The highest BCUT2D eigenvalue weighted by Crippen LogP contribution is 2.32. The third-order valence-corrected chi connectivity index (χ3v) is 4.56. The molecule has 0 radical (unpaired) electrons. The third kappa shape index (κ3) is 3.35. The highest BCUT2D eigenvalue weighted by molar-refractivity contribution is 7.15. The predicted octanol–water partition coefficient (Wildman–Crippen LogP) is 3.18. The maximum atomic E-state index is 9.49. The van der Waals surface area contributed by atoms with Gasteiger partial charge in [-0.2, -0.15) is 0 Å². The summed E-state index contributed by atoms with van der Waals surface area (Å²) in [7, 11) is 2.01. The Labute approximate surface area is 124 Å². The monoisotopic (exact) mass is 291 g/mol. The van der Waals surface area contributed by atoms with Gasteiger partial charge in [-0.3, -0.25) is 4.98 Å². The Morgan fingerprint density at radius 2 is 2.20 bits per heavy atom. The molecule has 2 aromatic rings. The van der Waals surface area contributed by atoms with E-state index in [2.05, 4.69) is 23.7 Å². The van der Waals surface area contributed by atoms with Gasteiger partial charge in [0.05, 0.1) is 29.4 Å². The summed E-state index contributed by atoms with van der Waals surface area (Å²) in [6, 6.07) is 5.91. The molecule has 0 aliphatic rings. The van der Waals surface area contributed by atoms with E-state index >= 15 is 0 Å². The van der Waals surface area contributed by atoms with Crippen LogP contribution in [0, 0.1) is 0 Å². The molecule has 20 heavy (non-hydrogen) atoms. The van der Waals surface area contributed by atoms with Gasteiger partial charge in [0, 0.05) is 13.2 Å². The largest absolute Gasteiger partial charge is 0.391 e. The standard InChI is InChI=1S/C15H21N3OS/c1-4-11(2)14-13(10-19)20-15(17-14)18(3)9-12-7-5-6-8-16-12/h5-8,11,19H,4,9-10H2,1-3H3. The number of anilines is 1. The van der Waals surface area contributed by atoms with Gasteiger partial charge in [0.25, 0.3) is 0 Å². The average molecular weight is 291 g/mol. The average Bonchev–Trinajstić information content (AvgIpc) is 2.92. The van der Waals surface area contributed by atoms with E-state index in [1.54, 1.807) is 17.5 Å². The minimum absolute atomic E-state index is 0.0643. The van der Waals surface area contributed by atoms with Crippen LogP contribution in [0.25, 0.3) is 0 Å². The van der Waals surface area contributed by atoms with Crippen molar-refractivity contribution in [1.82, 2.24) is 9.97 Å². The van der Waals surface area contributed by atoms with Crippen molar-refractivity contribution < 1.29 is 5.11 Å². The molecule has 0 amide bonds. The molecule has 1 N–H and O–H groups in total. The summed E-state index contributed by atoms with van der Waals surface area (Å²) in [5, 5.41) is 10.4. The van der Waals surface area contributed by atoms with E-state index in [-0.39, 0.29) is 6.61 Å². The molecule has 0 aliphatic heterocycles. The Bertz CT molecular complexity index is 541. The van der Waals surface area contributed by atoms with Crippen LogP contribution >= 0.6 is 11.3 Å². The highest BCUT2D eigenvalue weighted by atomic mass is 32.1. The SMILES string of the molecule is CCC(C)c1nc(N(C)Cc2ccccn2)sc1CO. The van der Waals surface area contributed by atoms with Gasteiger partial charge < -0.3 is 10.0 Å². The van der Waals surface area contributed by atoms with Crippen LogP contribution in [0.1, 0.15) is 42.5 Å². The van der Waals surface area contributed by atoms with E-state index < -0.39 is 0 Å². The normalized spacial score (nSPS) is 12.4. The van der Waals surface area contributed by atoms with Gasteiger partial charge in [0.1, 0.15) is 0 Å². The smallest absolute Gasteiger partial charge is 0.185 e. The van der Waals surface area contributed by atoms with E-state index in [1.807, 2.05) is 25.2 Å². The molecule has 0 aliphatic carbocycles. The lowest BCUT2D eigenvalue weighted by molar-refractivity contribution is 0.283. The number of nitrogens with zero attached hydrogens (tertiary/aromatic N) is 3. The van der Waals surface area contributed by atoms with Crippen molar-refractivity contribution >= 4 is 16.5 Å². The van der Waals surface area contributed by atoms with Crippen molar-refractivity contribution in [3.05, 3.63) is 40.7 Å². The molecule has 108 valence electrons. The number of aliphatic hydroxyl groups excluding tert-OH is 1. The first-order valence-corrected chi connectivity index (χ1v) is 7.68. The predicted molar refractivity (Wildman–Crippen MR) is 83.1 cm³/mol. The quantitative estimate of drug-likeness (QED) is 0.888. The van der Waals surface area contributed by atoms with Crippen LogP contribution in [-0.2, 0) is 13.2 Å². The number of hydrogen-bond donors (Lipinski definition) is 1. The van der Waals surface area contributed by atoms with Gasteiger partial charge in [-0.1, -0.05) is 31.3 Å². The van der Waals surface area contributed by atoms with Gasteiger partial charge in [-0.25, -0.2) is 4.98 Å². The molecule has 0 aromatic carbocycles. The Morgan fingerprint density at radius 1 is 1.40 bits per heavy atom.